The Bertz CT molecular complexity index is 1700. The topological polar surface area (TPSA) is 103 Å². The monoisotopic (exact) mass is 605 g/mol. The van der Waals surface area contributed by atoms with Crippen LogP contribution in [-0.2, 0) is 30.1 Å². The van der Waals surface area contributed by atoms with Gasteiger partial charge in [-0.15, -0.1) is 0 Å². The number of nitrogens with zero attached hydrogens (tertiary/aromatic N) is 3. The minimum absolute atomic E-state index is 0.0860. The van der Waals surface area contributed by atoms with E-state index in [9.17, 15) is 40.3 Å². The van der Waals surface area contributed by atoms with Gasteiger partial charge in [0.25, 0.3) is 18.3 Å². The van der Waals surface area contributed by atoms with E-state index in [0.29, 0.717) is 10.7 Å². The molecule has 224 valence electrons. The Morgan fingerprint density at radius 1 is 1.02 bits per heavy atom. The van der Waals surface area contributed by atoms with E-state index >= 15 is 0 Å². The molecule has 1 aliphatic carbocycles. The second-order valence-electron chi connectivity index (χ2n) is 9.97. The summed E-state index contributed by atoms with van der Waals surface area (Å²) in [5, 5.41) is 6.17. The molecule has 7 nitrogen and oxygen atoms in total. The first-order valence-electron chi connectivity index (χ1n) is 12.9. The second-order valence-corrected chi connectivity index (χ2v) is 9.97. The zero-order chi connectivity index (χ0) is 31.1. The lowest BCUT2D eigenvalue weighted by Gasteiger charge is -2.22. The minimum atomic E-state index is -3.48. The van der Waals surface area contributed by atoms with Gasteiger partial charge in [-0.3, -0.25) is 19.3 Å². The first-order chi connectivity index (χ1) is 20.3. The van der Waals surface area contributed by atoms with Gasteiger partial charge in [0.05, 0.1) is 17.3 Å². The van der Waals surface area contributed by atoms with E-state index in [2.05, 4.69) is 15.4 Å². The van der Waals surface area contributed by atoms with E-state index in [0.717, 1.165) is 18.2 Å². The first-order valence-corrected chi connectivity index (χ1v) is 12.9. The third-order valence-corrected chi connectivity index (χ3v) is 7.03. The van der Waals surface area contributed by atoms with Gasteiger partial charge in [0.1, 0.15) is 35.4 Å². The van der Waals surface area contributed by atoms with E-state index in [-0.39, 0.29) is 40.8 Å². The Morgan fingerprint density at radius 2 is 1.74 bits per heavy atom. The van der Waals surface area contributed by atoms with Crippen LogP contribution in [0.25, 0.3) is 11.1 Å². The van der Waals surface area contributed by atoms with E-state index in [1.807, 2.05) is 0 Å². The summed E-state index contributed by atoms with van der Waals surface area (Å²) in [7, 11) is 0. The molecule has 0 aliphatic heterocycles. The highest BCUT2D eigenvalue weighted by Gasteiger charge is 2.46. The number of carbonyl (C=O) groups excluding carboxylic acids is 2. The fraction of sp³-hybridized carbons (Fsp3) is 0.241. The summed E-state index contributed by atoms with van der Waals surface area (Å²) in [5.74, 6) is -8.16. The van der Waals surface area contributed by atoms with Crippen LogP contribution >= 0.6 is 0 Å². The Morgan fingerprint density at radius 3 is 2.42 bits per heavy atom. The SMILES string of the molecule is NC(=O)c1cc(-c2cccnc2C(Cc2cc(F)cc(F)c2)NC(=O)Cn2nc(C(F)F)c3c2C(F)(F)CC3)ccc1F. The molecule has 0 saturated carbocycles. The maximum Gasteiger partial charge on any atom is 0.290 e. The fourth-order valence-corrected chi connectivity index (χ4v) is 5.24. The molecule has 3 N–H and O–H groups in total. The molecule has 4 aromatic rings. The Balaban J connectivity index is 1.54. The summed E-state index contributed by atoms with van der Waals surface area (Å²) in [4.78, 5) is 29.3. The van der Waals surface area contributed by atoms with Crippen LogP contribution in [0.3, 0.4) is 0 Å². The average molecular weight is 606 g/mol. The van der Waals surface area contributed by atoms with E-state index in [1.54, 1.807) is 0 Å². The van der Waals surface area contributed by atoms with Gasteiger partial charge in [-0.25, -0.2) is 22.0 Å². The number of aromatic nitrogens is 3. The number of halogens is 7. The van der Waals surface area contributed by atoms with Crippen LogP contribution in [0.4, 0.5) is 30.7 Å². The molecule has 1 aliphatic rings. The molecule has 2 heterocycles. The van der Waals surface area contributed by atoms with Gasteiger partial charge >= 0.3 is 0 Å². The van der Waals surface area contributed by atoms with Crippen molar-refractivity contribution in [1.29, 1.82) is 0 Å². The largest absolute Gasteiger partial charge is 0.366 e. The van der Waals surface area contributed by atoms with Crippen molar-refractivity contribution in [1.82, 2.24) is 20.1 Å². The highest BCUT2D eigenvalue weighted by atomic mass is 19.3. The summed E-state index contributed by atoms with van der Waals surface area (Å²) in [6, 6.07) is 8.03. The minimum Gasteiger partial charge on any atom is -0.366 e. The molecule has 0 bridgehead atoms. The maximum absolute atomic E-state index is 14.6. The molecule has 2 aromatic heterocycles. The second kappa shape index (κ2) is 11.5. The predicted molar refractivity (Wildman–Crippen MR) is 138 cm³/mol. The predicted octanol–water partition coefficient (Wildman–Crippen LogP) is 5.54. The van der Waals surface area contributed by atoms with Crippen LogP contribution in [0.2, 0.25) is 0 Å². The van der Waals surface area contributed by atoms with Crippen molar-refractivity contribution < 1.29 is 40.3 Å². The van der Waals surface area contributed by atoms with E-state index in [4.69, 9.17) is 5.73 Å². The molecule has 14 heteroatoms. The maximum atomic E-state index is 14.6. The van der Waals surface area contributed by atoms with Gasteiger partial charge in [0.15, 0.2) is 0 Å². The van der Waals surface area contributed by atoms with Crippen molar-refractivity contribution in [2.45, 2.75) is 44.2 Å². The van der Waals surface area contributed by atoms with Gasteiger partial charge in [-0.2, -0.15) is 13.9 Å². The van der Waals surface area contributed by atoms with Gasteiger partial charge in [-0.05, 0) is 54.3 Å². The number of primary amides is 1. The molecule has 0 saturated heterocycles. The number of pyridine rings is 1. The molecule has 1 atom stereocenters. The van der Waals surface area contributed by atoms with Crippen molar-refractivity contribution in [3.63, 3.8) is 0 Å². The highest BCUT2D eigenvalue weighted by Crippen LogP contribution is 2.44. The number of nitrogens with two attached hydrogens (primary N) is 1. The number of benzene rings is 2. The molecule has 2 aromatic carbocycles. The molecule has 1 unspecified atom stereocenters. The van der Waals surface area contributed by atoms with E-state index in [1.165, 1.54) is 30.5 Å². The summed E-state index contributed by atoms with van der Waals surface area (Å²) >= 11 is 0. The van der Waals surface area contributed by atoms with Crippen molar-refractivity contribution in [3.8, 4) is 11.1 Å². The normalized spacial score (nSPS) is 14.5. The molecule has 0 radical (unpaired) electrons. The molecule has 0 spiro atoms. The van der Waals surface area contributed by atoms with Gasteiger partial charge in [-0.1, -0.05) is 12.1 Å². The first kappa shape index (κ1) is 29.7. The van der Waals surface area contributed by atoms with Gasteiger partial charge in [0, 0.05) is 29.8 Å². The Hall–Kier alpha value is -4.75. The number of hydrogen-bond acceptors (Lipinski definition) is 4. The lowest BCUT2D eigenvalue weighted by molar-refractivity contribution is -0.122. The zero-order valence-electron chi connectivity index (χ0n) is 22.1. The van der Waals surface area contributed by atoms with Crippen molar-refractivity contribution in [2.75, 3.05) is 0 Å². The highest BCUT2D eigenvalue weighted by molar-refractivity contribution is 5.94. The fourth-order valence-electron chi connectivity index (χ4n) is 5.24. The van der Waals surface area contributed by atoms with Crippen LogP contribution in [0.15, 0.2) is 54.7 Å². The summed E-state index contributed by atoms with van der Waals surface area (Å²) in [6.45, 7) is -0.872. The standard InChI is InChI=1S/C29H22F7N5O2/c30-16-8-14(9-17(31)12-16)10-22(24-18(2-1-7-38-24)15-3-4-21(32)20(11-15)28(37)43)39-23(42)13-41-26-19(5-6-29(26,35)36)25(40-41)27(33)34/h1-4,7-9,11-12,22,27H,5-6,10,13H2,(H2,37,43)(H,39,42). The lowest BCUT2D eigenvalue weighted by atomic mass is 9.94. The summed E-state index contributed by atoms with van der Waals surface area (Å²) in [6.07, 6.45) is -3.10. The van der Waals surface area contributed by atoms with Crippen molar-refractivity contribution >= 4 is 11.8 Å². The number of hydrogen-bond donors (Lipinski definition) is 2. The number of alkyl halides is 4. The van der Waals surface area contributed by atoms with Crippen LogP contribution in [0, 0.1) is 17.5 Å². The third-order valence-electron chi connectivity index (χ3n) is 7.03. The van der Waals surface area contributed by atoms with Gasteiger partial charge in [0.2, 0.25) is 5.91 Å². The third kappa shape index (κ3) is 6.08. The zero-order valence-corrected chi connectivity index (χ0v) is 22.1. The van der Waals surface area contributed by atoms with Crippen LogP contribution in [0.1, 0.15) is 57.5 Å². The molecule has 0 fully saturated rings. The van der Waals surface area contributed by atoms with E-state index < -0.39 is 77.6 Å². The quantitative estimate of drug-likeness (QED) is 0.245. The molecular weight excluding hydrogens is 583 g/mol. The average Bonchev–Trinajstić information content (AvgIpc) is 3.45. The Labute approximate surface area is 239 Å². The van der Waals surface area contributed by atoms with Crippen molar-refractivity contribution in [3.05, 3.63) is 106 Å². The number of fused-ring (bicyclic) bond motifs is 1. The molecule has 5 rings (SSSR count). The van der Waals surface area contributed by atoms with Crippen LogP contribution in [-0.4, -0.2) is 26.6 Å². The van der Waals surface area contributed by atoms with Gasteiger partial charge < -0.3 is 11.1 Å². The lowest BCUT2D eigenvalue weighted by Crippen LogP contribution is -2.35. The number of amides is 2. The van der Waals surface area contributed by atoms with Crippen LogP contribution < -0.4 is 11.1 Å². The van der Waals surface area contributed by atoms with Crippen LogP contribution in [0.5, 0.6) is 0 Å². The molecule has 43 heavy (non-hydrogen) atoms. The smallest absolute Gasteiger partial charge is 0.290 e. The summed E-state index contributed by atoms with van der Waals surface area (Å²) < 4.78 is 99.0. The van der Waals surface area contributed by atoms with Crippen molar-refractivity contribution in [2.24, 2.45) is 5.73 Å². The Kier molecular flexibility index (Phi) is 7.95. The molecule has 2 amide bonds. The number of nitrogens with one attached hydrogen (secondary N) is 1. The molecular formula is C29H22F7N5O2. The number of carbonyl (C=O) groups is 2. The number of rotatable bonds is 9. The summed E-state index contributed by atoms with van der Waals surface area (Å²) in [5.41, 5.74) is 3.66.